The molecule has 0 heterocycles. The molecule has 3 unspecified atom stereocenters. The van der Waals surface area contributed by atoms with E-state index >= 15 is 0 Å². The summed E-state index contributed by atoms with van der Waals surface area (Å²) < 4.78 is 39.3. The number of allylic oxidation sites excluding steroid dienone is 28. The summed E-state index contributed by atoms with van der Waals surface area (Å²) in [6.07, 6.45) is 74.9. The van der Waals surface area contributed by atoms with Gasteiger partial charge in [0.05, 0.1) is 19.8 Å². The first-order chi connectivity index (χ1) is 37.2. The van der Waals surface area contributed by atoms with Crippen LogP contribution in [-0.4, -0.2) is 66.5 Å². The van der Waals surface area contributed by atoms with Crippen molar-refractivity contribution in [1.29, 1.82) is 0 Å². The average molecular weight is 1070 g/mol. The summed E-state index contributed by atoms with van der Waals surface area (Å²) in [5.41, 5.74) is 0. The molecule has 0 amide bonds. The molecule has 76 heavy (non-hydrogen) atoms. The number of aliphatic hydroxyl groups excluding tert-OH is 1. The maximum absolute atomic E-state index is 12.9. The minimum absolute atomic E-state index is 0.0170. The summed E-state index contributed by atoms with van der Waals surface area (Å²) in [7, 11) is -4.80. The highest BCUT2D eigenvalue weighted by atomic mass is 31.2. The fourth-order valence-corrected chi connectivity index (χ4v) is 7.27. The molecular weight excluding hydrogens is 976 g/mol. The quantitative estimate of drug-likeness (QED) is 0.0197. The second-order valence-electron chi connectivity index (χ2n) is 17.6. The number of phosphoric acid groups is 1. The third kappa shape index (κ3) is 53.7. The Morgan fingerprint density at radius 3 is 1.08 bits per heavy atom. The number of unbranched alkanes of at least 4 members (excludes halogenated alkanes) is 4. The number of hydrogen-bond acceptors (Lipinski definition) is 10. The number of carbonyl (C=O) groups excluding carboxylic acids is 3. The van der Waals surface area contributed by atoms with Crippen LogP contribution in [0.5, 0.6) is 0 Å². The van der Waals surface area contributed by atoms with Crippen molar-refractivity contribution in [3.8, 4) is 0 Å². The van der Waals surface area contributed by atoms with E-state index in [2.05, 4.69) is 167 Å². The molecule has 0 aromatic carbocycles. The molecule has 0 saturated heterocycles. The summed E-state index contributed by atoms with van der Waals surface area (Å²) in [4.78, 5) is 48.5. The lowest BCUT2D eigenvalue weighted by atomic mass is 10.1. The second-order valence-corrected chi connectivity index (χ2v) is 19.1. The van der Waals surface area contributed by atoms with Crippen LogP contribution >= 0.6 is 7.82 Å². The van der Waals surface area contributed by atoms with Crippen LogP contribution in [0.15, 0.2) is 170 Å². The highest BCUT2D eigenvalue weighted by Gasteiger charge is 2.28. The Morgan fingerprint density at radius 2 is 0.684 bits per heavy atom. The number of ether oxygens (including phenoxy) is 3. The molecule has 0 aromatic rings. The first-order valence-electron chi connectivity index (χ1n) is 28.0. The van der Waals surface area contributed by atoms with Crippen LogP contribution in [0.4, 0.5) is 0 Å². The van der Waals surface area contributed by atoms with E-state index in [0.29, 0.717) is 32.1 Å². The van der Waals surface area contributed by atoms with Gasteiger partial charge in [-0.15, -0.1) is 0 Å². The molecule has 0 rings (SSSR count). The van der Waals surface area contributed by atoms with Crippen molar-refractivity contribution >= 4 is 25.7 Å². The third-order valence-corrected chi connectivity index (χ3v) is 11.6. The van der Waals surface area contributed by atoms with Gasteiger partial charge in [0.2, 0.25) is 0 Å². The Labute approximate surface area is 459 Å². The van der Waals surface area contributed by atoms with Gasteiger partial charge in [0.25, 0.3) is 0 Å². The van der Waals surface area contributed by atoms with Crippen LogP contribution in [0.25, 0.3) is 0 Å². The minimum Gasteiger partial charge on any atom is -0.462 e. The largest absolute Gasteiger partial charge is 0.472 e. The Hall–Kier alpha value is -5.16. The van der Waals surface area contributed by atoms with Gasteiger partial charge in [0, 0.05) is 19.3 Å². The summed E-state index contributed by atoms with van der Waals surface area (Å²) in [5, 5.41) is 9.80. The zero-order chi connectivity index (χ0) is 55.5. The van der Waals surface area contributed by atoms with Gasteiger partial charge in [-0.25, -0.2) is 4.57 Å². The minimum atomic E-state index is -4.80. The van der Waals surface area contributed by atoms with Crippen molar-refractivity contribution in [2.45, 2.75) is 187 Å². The van der Waals surface area contributed by atoms with Gasteiger partial charge >= 0.3 is 25.7 Å². The molecule has 0 bridgehead atoms. The van der Waals surface area contributed by atoms with Crippen LogP contribution in [0.1, 0.15) is 175 Å². The standard InChI is InChI=1S/C64H97O11P/c1-4-7-10-13-16-19-22-25-27-29-30-32-34-37-40-43-46-49-52-55-64(68)75-61(57-71-62(66)53-50-47-44-41-38-36-33-31-28-26-23-20-17-14-11-8-5-2)59-73-76(69,70)72-58-60(56-65)74-63(67)54-51-48-45-42-39-35-24-21-18-15-12-9-6-3/h7-12,16-21,25-28,30,32-33,35-37,39-41,44,46,49,60-61,65H,4-6,13-15,22-24,29,31,34,38,42-43,45,47-48,50-59H2,1-3H3,(H,69,70)/b10-7-,11-8-,12-9-,19-16-,20-17-,21-18-,27-25-,28-26-,32-30-,36-33-,39-35-,40-37-,44-41-,49-46-. The highest BCUT2D eigenvalue weighted by Crippen LogP contribution is 2.43. The lowest BCUT2D eigenvalue weighted by Crippen LogP contribution is -2.30. The van der Waals surface area contributed by atoms with Crippen LogP contribution in [0, 0.1) is 0 Å². The van der Waals surface area contributed by atoms with Crippen molar-refractivity contribution in [3.05, 3.63) is 170 Å². The molecule has 0 aliphatic heterocycles. The summed E-state index contributed by atoms with van der Waals surface area (Å²) in [5.74, 6) is -1.70. The molecule has 0 radical (unpaired) electrons. The van der Waals surface area contributed by atoms with E-state index in [4.69, 9.17) is 23.3 Å². The first kappa shape index (κ1) is 70.8. The van der Waals surface area contributed by atoms with E-state index in [9.17, 15) is 28.9 Å². The highest BCUT2D eigenvalue weighted by molar-refractivity contribution is 7.47. The molecule has 0 spiro atoms. The molecule has 424 valence electrons. The lowest BCUT2D eigenvalue weighted by molar-refractivity contribution is -0.161. The normalized spacial score (nSPS) is 14.6. The SMILES string of the molecule is CC/C=C\C/C=C\C/C=C\C/C=C\C/C=C\C/C=C\CCC(=O)OC(COC(=O)CCC/C=C\C/C=C\C/C=C\C/C=C\C/C=C\CC)COP(=O)(O)OCC(CO)OC(=O)CCCCC/C=C\C/C=C\C/C=C\CC. The summed E-state index contributed by atoms with van der Waals surface area (Å²) in [6, 6.07) is 0. The van der Waals surface area contributed by atoms with Gasteiger partial charge in [-0.1, -0.05) is 197 Å². The van der Waals surface area contributed by atoms with Crippen molar-refractivity contribution in [1.82, 2.24) is 0 Å². The van der Waals surface area contributed by atoms with E-state index in [-0.39, 0.29) is 19.3 Å². The maximum atomic E-state index is 12.9. The number of hydrogen-bond donors (Lipinski definition) is 2. The molecule has 0 fully saturated rings. The monoisotopic (exact) mass is 1070 g/mol. The van der Waals surface area contributed by atoms with Crippen molar-refractivity contribution in [2.75, 3.05) is 26.4 Å². The van der Waals surface area contributed by atoms with Gasteiger partial charge < -0.3 is 24.2 Å². The molecule has 0 saturated carbocycles. The number of carbonyl (C=O) groups is 3. The zero-order valence-corrected chi connectivity index (χ0v) is 47.5. The topological polar surface area (TPSA) is 155 Å². The van der Waals surface area contributed by atoms with E-state index < -0.39 is 64.4 Å². The van der Waals surface area contributed by atoms with Crippen LogP contribution in [0.2, 0.25) is 0 Å². The molecule has 11 nitrogen and oxygen atoms in total. The van der Waals surface area contributed by atoms with E-state index in [1.54, 1.807) is 0 Å². The molecule has 2 N–H and O–H groups in total. The Balaban J connectivity index is 5.00. The fraction of sp³-hybridized carbons (Fsp3) is 0.516. The molecule has 3 atom stereocenters. The maximum Gasteiger partial charge on any atom is 0.472 e. The smallest absolute Gasteiger partial charge is 0.462 e. The number of rotatable bonds is 49. The number of phosphoric ester groups is 1. The predicted octanol–water partition coefficient (Wildman–Crippen LogP) is 16.7. The van der Waals surface area contributed by atoms with Gasteiger partial charge in [0.1, 0.15) is 12.7 Å². The van der Waals surface area contributed by atoms with Crippen LogP contribution in [0.3, 0.4) is 0 Å². The average Bonchev–Trinajstić information content (AvgIpc) is 3.41. The molecular formula is C64H97O11P. The molecule has 0 aliphatic rings. The Bertz CT molecular complexity index is 1920. The van der Waals surface area contributed by atoms with Gasteiger partial charge in [-0.05, 0) is 128 Å². The third-order valence-electron chi connectivity index (χ3n) is 10.6. The van der Waals surface area contributed by atoms with Crippen LogP contribution < -0.4 is 0 Å². The van der Waals surface area contributed by atoms with Crippen molar-refractivity contribution < 1.29 is 52.2 Å². The Morgan fingerprint density at radius 1 is 0.368 bits per heavy atom. The number of esters is 3. The first-order valence-corrected chi connectivity index (χ1v) is 29.5. The fourth-order valence-electron chi connectivity index (χ4n) is 6.49. The molecule has 12 heteroatoms. The predicted molar refractivity (Wildman–Crippen MR) is 315 cm³/mol. The van der Waals surface area contributed by atoms with Crippen molar-refractivity contribution in [3.63, 3.8) is 0 Å². The van der Waals surface area contributed by atoms with E-state index in [0.717, 1.165) is 103 Å². The van der Waals surface area contributed by atoms with Gasteiger partial charge in [-0.3, -0.25) is 23.4 Å². The molecule has 0 aliphatic carbocycles. The van der Waals surface area contributed by atoms with Crippen molar-refractivity contribution in [2.24, 2.45) is 0 Å². The van der Waals surface area contributed by atoms with E-state index in [1.165, 1.54) is 0 Å². The van der Waals surface area contributed by atoms with E-state index in [1.807, 2.05) is 24.3 Å². The van der Waals surface area contributed by atoms with Gasteiger partial charge in [-0.2, -0.15) is 0 Å². The summed E-state index contributed by atoms with van der Waals surface area (Å²) >= 11 is 0. The lowest BCUT2D eigenvalue weighted by Gasteiger charge is -2.21. The second kappa shape index (κ2) is 56.1. The number of aliphatic hydroxyl groups is 1. The zero-order valence-electron chi connectivity index (χ0n) is 46.6. The van der Waals surface area contributed by atoms with Crippen LogP contribution in [-0.2, 0) is 42.2 Å². The molecule has 0 aromatic heterocycles. The van der Waals surface area contributed by atoms with Gasteiger partial charge in [0.15, 0.2) is 6.10 Å². The Kier molecular flexibility index (Phi) is 52.2. The summed E-state index contributed by atoms with van der Waals surface area (Å²) in [6.45, 7) is 4.07.